The number of ether oxygens (including phenoxy) is 1. The van der Waals surface area contributed by atoms with Gasteiger partial charge in [-0.3, -0.25) is 9.80 Å². The van der Waals surface area contributed by atoms with Crippen molar-refractivity contribution in [3.8, 4) is 0 Å². The molecule has 0 aliphatic carbocycles. The van der Waals surface area contributed by atoms with Crippen LogP contribution in [-0.2, 0) is 11.3 Å². The van der Waals surface area contributed by atoms with Crippen LogP contribution in [0.5, 0.6) is 0 Å². The number of nitrogens with zero attached hydrogens (tertiary/aromatic N) is 4. The maximum atomic E-state index is 12.9. The number of urea groups is 1. The lowest BCUT2D eigenvalue weighted by molar-refractivity contribution is -0.0899. The SMILES string of the molecule is C[C@@]1(CO)CN(Cc2ccccc2)C[C@@H]2CN(C(=O)N3CCOCC3)CCN21. The van der Waals surface area contributed by atoms with Crippen LogP contribution in [0.1, 0.15) is 12.5 Å². The highest BCUT2D eigenvalue weighted by molar-refractivity contribution is 5.74. The van der Waals surface area contributed by atoms with Crippen LogP contribution in [0.4, 0.5) is 4.79 Å². The predicted octanol–water partition coefficient (Wildman–Crippen LogP) is 0.692. The van der Waals surface area contributed by atoms with E-state index in [1.807, 2.05) is 15.9 Å². The van der Waals surface area contributed by atoms with Gasteiger partial charge in [0.1, 0.15) is 0 Å². The molecule has 0 unspecified atom stereocenters. The highest BCUT2D eigenvalue weighted by Crippen LogP contribution is 2.29. The molecule has 7 nitrogen and oxygen atoms in total. The topological polar surface area (TPSA) is 59.5 Å². The van der Waals surface area contributed by atoms with Gasteiger partial charge in [-0.2, -0.15) is 0 Å². The van der Waals surface area contributed by atoms with Crippen LogP contribution in [0.3, 0.4) is 0 Å². The lowest BCUT2D eigenvalue weighted by atomic mass is 9.91. The second-order valence-electron chi connectivity index (χ2n) is 8.49. The number of aliphatic hydroxyl groups is 1. The number of fused-ring (bicyclic) bond motifs is 1. The van der Waals surface area contributed by atoms with E-state index in [-0.39, 0.29) is 24.2 Å². The van der Waals surface area contributed by atoms with Crippen LogP contribution in [0.25, 0.3) is 0 Å². The zero-order valence-electron chi connectivity index (χ0n) is 16.8. The standard InChI is InChI=1S/C21H32N4O3/c1-21(17-26)16-22(13-18-5-3-2-4-6-18)14-19-15-24(7-8-25(19)21)20(27)23-9-11-28-12-10-23/h2-6,19,26H,7-17H2,1H3/t19-,21+/m1/s1. The Hall–Kier alpha value is -1.67. The van der Waals surface area contributed by atoms with E-state index >= 15 is 0 Å². The highest BCUT2D eigenvalue weighted by atomic mass is 16.5. The molecule has 2 atom stereocenters. The number of morpholine rings is 1. The molecule has 0 saturated carbocycles. The summed E-state index contributed by atoms with van der Waals surface area (Å²) >= 11 is 0. The molecule has 0 spiro atoms. The molecule has 7 heteroatoms. The van der Waals surface area contributed by atoms with Gasteiger partial charge in [0.05, 0.1) is 25.4 Å². The predicted molar refractivity (Wildman–Crippen MR) is 107 cm³/mol. The van der Waals surface area contributed by atoms with Gasteiger partial charge in [0.25, 0.3) is 0 Å². The number of carbonyl (C=O) groups excluding carboxylic acids is 1. The smallest absolute Gasteiger partial charge is 0.320 e. The summed E-state index contributed by atoms with van der Waals surface area (Å²) in [6.07, 6.45) is 0. The molecule has 4 rings (SSSR count). The van der Waals surface area contributed by atoms with E-state index in [9.17, 15) is 9.90 Å². The number of benzene rings is 1. The molecule has 3 aliphatic rings. The molecule has 1 N–H and O–H groups in total. The van der Waals surface area contributed by atoms with Gasteiger partial charge in [-0.25, -0.2) is 4.79 Å². The Morgan fingerprint density at radius 1 is 1.11 bits per heavy atom. The normalized spacial score (nSPS) is 29.6. The fraction of sp³-hybridized carbons (Fsp3) is 0.667. The summed E-state index contributed by atoms with van der Waals surface area (Å²) in [5.74, 6) is 0. The van der Waals surface area contributed by atoms with E-state index in [0.29, 0.717) is 26.3 Å². The van der Waals surface area contributed by atoms with Gasteiger partial charge in [0, 0.05) is 58.4 Å². The van der Waals surface area contributed by atoms with Crippen LogP contribution in [-0.4, -0.2) is 108 Å². The third-order valence-corrected chi connectivity index (χ3v) is 6.35. The van der Waals surface area contributed by atoms with Gasteiger partial charge in [-0.15, -0.1) is 0 Å². The monoisotopic (exact) mass is 388 g/mol. The van der Waals surface area contributed by atoms with Gasteiger partial charge < -0.3 is 19.6 Å². The van der Waals surface area contributed by atoms with Gasteiger partial charge in [-0.1, -0.05) is 30.3 Å². The molecule has 2 amide bonds. The van der Waals surface area contributed by atoms with Crippen molar-refractivity contribution < 1.29 is 14.6 Å². The molecule has 0 aromatic heterocycles. The van der Waals surface area contributed by atoms with Gasteiger partial charge >= 0.3 is 6.03 Å². The average molecular weight is 389 g/mol. The number of aliphatic hydroxyl groups excluding tert-OH is 1. The molecule has 154 valence electrons. The van der Waals surface area contributed by atoms with Crippen molar-refractivity contribution in [3.63, 3.8) is 0 Å². The summed E-state index contributed by atoms with van der Waals surface area (Å²) in [6.45, 7) is 9.78. The molecular weight excluding hydrogens is 356 g/mol. The maximum absolute atomic E-state index is 12.9. The first-order chi connectivity index (χ1) is 13.6. The van der Waals surface area contributed by atoms with Crippen molar-refractivity contribution in [1.29, 1.82) is 0 Å². The molecule has 0 bridgehead atoms. The zero-order valence-corrected chi connectivity index (χ0v) is 16.8. The second-order valence-corrected chi connectivity index (χ2v) is 8.49. The number of hydrogen-bond acceptors (Lipinski definition) is 5. The first kappa shape index (κ1) is 19.6. The van der Waals surface area contributed by atoms with Gasteiger partial charge in [0.2, 0.25) is 0 Å². The van der Waals surface area contributed by atoms with Crippen molar-refractivity contribution in [1.82, 2.24) is 19.6 Å². The van der Waals surface area contributed by atoms with Crippen molar-refractivity contribution in [2.24, 2.45) is 0 Å². The Bertz CT molecular complexity index is 667. The fourth-order valence-electron chi connectivity index (χ4n) is 4.89. The molecule has 3 heterocycles. The molecule has 1 aromatic rings. The van der Waals surface area contributed by atoms with Crippen LogP contribution >= 0.6 is 0 Å². The van der Waals surface area contributed by atoms with Crippen LogP contribution < -0.4 is 0 Å². The average Bonchev–Trinajstić information content (AvgIpc) is 2.74. The van der Waals surface area contributed by atoms with E-state index in [1.165, 1.54) is 5.56 Å². The summed E-state index contributed by atoms with van der Waals surface area (Å²) < 4.78 is 5.38. The number of amides is 2. The molecule has 1 aromatic carbocycles. The van der Waals surface area contributed by atoms with Crippen molar-refractivity contribution in [3.05, 3.63) is 35.9 Å². The Balaban J connectivity index is 1.45. The fourth-order valence-corrected chi connectivity index (χ4v) is 4.89. The number of piperazine rings is 2. The van der Waals surface area contributed by atoms with E-state index < -0.39 is 0 Å². The van der Waals surface area contributed by atoms with E-state index in [4.69, 9.17) is 4.74 Å². The van der Waals surface area contributed by atoms with Crippen LogP contribution in [0.2, 0.25) is 0 Å². The molecule has 3 aliphatic heterocycles. The maximum Gasteiger partial charge on any atom is 0.320 e. The molecule has 3 saturated heterocycles. The van der Waals surface area contributed by atoms with Crippen molar-refractivity contribution in [2.75, 3.05) is 65.6 Å². The minimum absolute atomic E-state index is 0.131. The van der Waals surface area contributed by atoms with Crippen LogP contribution in [0.15, 0.2) is 30.3 Å². The van der Waals surface area contributed by atoms with E-state index in [0.717, 1.165) is 39.3 Å². The van der Waals surface area contributed by atoms with Crippen molar-refractivity contribution >= 4 is 6.03 Å². The molecule has 3 fully saturated rings. The van der Waals surface area contributed by atoms with Gasteiger partial charge in [0.15, 0.2) is 0 Å². The minimum atomic E-state index is -0.272. The largest absolute Gasteiger partial charge is 0.394 e. The minimum Gasteiger partial charge on any atom is -0.394 e. The third-order valence-electron chi connectivity index (χ3n) is 6.35. The van der Waals surface area contributed by atoms with E-state index in [1.54, 1.807) is 0 Å². The zero-order chi connectivity index (χ0) is 19.6. The Labute approximate surface area is 167 Å². The molecular formula is C21H32N4O3. The summed E-state index contributed by atoms with van der Waals surface area (Å²) in [4.78, 5) is 21.7. The number of rotatable bonds is 3. The first-order valence-electron chi connectivity index (χ1n) is 10.3. The Morgan fingerprint density at radius 2 is 1.86 bits per heavy atom. The summed E-state index contributed by atoms with van der Waals surface area (Å²) in [6, 6.07) is 10.9. The second kappa shape index (κ2) is 8.37. The lowest BCUT2D eigenvalue weighted by Gasteiger charge is -2.56. The summed E-state index contributed by atoms with van der Waals surface area (Å²) in [7, 11) is 0. The number of hydrogen-bond donors (Lipinski definition) is 1. The van der Waals surface area contributed by atoms with Gasteiger partial charge in [-0.05, 0) is 12.5 Å². The summed E-state index contributed by atoms with van der Waals surface area (Å²) in [5, 5.41) is 10.2. The summed E-state index contributed by atoms with van der Waals surface area (Å²) in [5.41, 5.74) is 1.01. The highest BCUT2D eigenvalue weighted by Gasteiger charge is 2.45. The number of carbonyl (C=O) groups is 1. The third kappa shape index (κ3) is 4.03. The lowest BCUT2D eigenvalue weighted by Crippen LogP contribution is -2.72. The quantitative estimate of drug-likeness (QED) is 0.826. The van der Waals surface area contributed by atoms with Crippen LogP contribution in [0, 0.1) is 0 Å². The molecule has 0 radical (unpaired) electrons. The van der Waals surface area contributed by atoms with E-state index in [2.05, 4.69) is 41.0 Å². The Kier molecular flexibility index (Phi) is 5.87. The Morgan fingerprint density at radius 3 is 2.57 bits per heavy atom. The first-order valence-corrected chi connectivity index (χ1v) is 10.3. The van der Waals surface area contributed by atoms with Crippen molar-refractivity contribution in [2.45, 2.75) is 25.0 Å². The molecule has 28 heavy (non-hydrogen) atoms.